The van der Waals surface area contributed by atoms with Crippen molar-refractivity contribution in [2.75, 3.05) is 18.7 Å². The van der Waals surface area contributed by atoms with E-state index in [4.69, 9.17) is 11.6 Å². The molecule has 154 valence electrons. The van der Waals surface area contributed by atoms with Crippen LogP contribution < -0.4 is 15.9 Å². The maximum absolute atomic E-state index is 12.6. The van der Waals surface area contributed by atoms with Crippen LogP contribution in [0, 0.1) is 0 Å². The van der Waals surface area contributed by atoms with Crippen LogP contribution in [0.3, 0.4) is 0 Å². The van der Waals surface area contributed by atoms with Crippen LogP contribution in [0.4, 0.5) is 5.82 Å². The number of hydrazine groups is 1. The zero-order valence-electron chi connectivity index (χ0n) is 16.0. The second-order valence-electron chi connectivity index (χ2n) is 6.04. The lowest BCUT2D eigenvalue weighted by Gasteiger charge is -2.09. The minimum Gasteiger partial charge on any atom is -0.465 e. The van der Waals surface area contributed by atoms with E-state index in [0.717, 1.165) is 5.01 Å². The first kappa shape index (κ1) is 21.1. The summed E-state index contributed by atoms with van der Waals surface area (Å²) in [6, 6.07) is 9.05. The van der Waals surface area contributed by atoms with Gasteiger partial charge in [-0.1, -0.05) is 17.7 Å². The molecule has 1 aliphatic rings. The Balaban J connectivity index is 1.56. The van der Waals surface area contributed by atoms with E-state index < -0.39 is 11.9 Å². The van der Waals surface area contributed by atoms with Crippen molar-refractivity contribution < 1.29 is 19.1 Å². The standard InChI is InChI=1S/C19H17ClN6O4/c1-11-14(18(28)26(25-11)16-8-7-15(20)22-23-16)9-10-21-24-17(27)12-3-5-13(6-4-12)19(29)30-2/h3-9,21H,10H2,1-2H3,(H,24,27). The lowest BCUT2D eigenvalue weighted by Crippen LogP contribution is -2.37. The summed E-state index contributed by atoms with van der Waals surface area (Å²) in [6.45, 7) is 1.87. The number of hydrazone groups is 1. The number of methoxy groups -OCH3 is 1. The molecule has 1 aliphatic heterocycles. The lowest BCUT2D eigenvalue weighted by atomic mass is 10.1. The molecule has 1 aromatic heterocycles. The van der Waals surface area contributed by atoms with Crippen molar-refractivity contribution in [2.45, 2.75) is 6.92 Å². The van der Waals surface area contributed by atoms with Gasteiger partial charge in [-0.2, -0.15) is 10.1 Å². The third kappa shape index (κ3) is 4.67. The minimum absolute atomic E-state index is 0.181. The monoisotopic (exact) mass is 428 g/mol. The van der Waals surface area contributed by atoms with Gasteiger partial charge in [0.2, 0.25) is 0 Å². The molecule has 2 aromatic rings. The second kappa shape index (κ2) is 9.25. The van der Waals surface area contributed by atoms with Crippen molar-refractivity contribution in [1.82, 2.24) is 21.0 Å². The number of ether oxygens (including phenoxy) is 1. The van der Waals surface area contributed by atoms with Crippen LogP contribution in [0.2, 0.25) is 5.15 Å². The van der Waals surface area contributed by atoms with Crippen molar-refractivity contribution >= 4 is 40.9 Å². The fourth-order valence-electron chi connectivity index (χ4n) is 2.56. The predicted molar refractivity (Wildman–Crippen MR) is 109 cm³/mol. The highest BCUT2D eigenvalue weighted by atomic mass is 35.5. The van der Waals surface area contributed by atoms with Crippen molar-refractivity contribution in [2.24, 2.45) is 5.10 Å². The third-order valence-electron chi connectivity index (χ3n) is 4.08. The van der Waals surface area contributed by atoms with Crippen molar-refractivity contribution in [3.63, 3.8) is 0 Å². The van der Waals surface area contributed by atoms with Crippen LogP contribution in [0.25, 0.3) is 0 Å². The molecule has 0 fully saturated rings. The molecular weight excluding hydrogens is 412 g/mol. The van der Waals surface area contributed by atoms with Crippen LogP contribution in [0.15, 0.2) is 53.1 Å². The molecule has 0 saturated carbocycles. The Labute approximate surface area is 176 Å². The van der Waals surface area contributed by atoms with Gasteiger partial charge in [-0.3, -0.25) is 15.0 Å². The van der Waals surface area contributed by atoms with E-state index >= 15 is 0 Å². The number of benzene rings is 1. The van der Waals surface area contributed by atoms with Crippen LogP contribution >= 0.6 is 11.6 Å². The Morgan fingerprint density at radius 3 is 2.47 bits per heavy atom. The van der Waals surface area contributed by atoms with Gasteiger partial charge in [-0.05, 0) is 43.3 Å². The lowest BCUT2D eigenvalue weighted by molar-refractivity contribution is -0.114. The van der Waals surface area contributed by atoms with Gasteiger partial charge in [0.25, 0.3) is 11.8 Å². The second-order valence-corrected chi connectivity index (χ2v) is 6.43. The molecule has 2 amide bonds. The molecule has 1 aromatic carbocycles. The average molecular weight is 429 g/mol. The Kier molecular flexibility index (Phi) is 6.50. The van der Waals surface area contributed by atoms with E-state index in [-0.39, 0.29) is 23.4 Å². The van der Waals surface area contributed by atoms with Crippen LogP contribution in [-0.2, 0) is 9.53 Å². The van der Waals surface area contributed by atoms with Gasteiger partial charge in [0, 0.05) is 12.1 Å². The first-order valence-electron chi connectivity index (χ1n) is 8.71. The minimum atomic E-state index is -0.483. The first-order valence-corrected chi connectivity index (χ1v) is 9.09. The van der Waals surface area contributed by atoms with E-state index in [0.29, 0.717) is 22.4 Å². The van der Waals surface area contributed by atoms with E-state index in [2.05, 4.69) is 30.9 Å². The topological polar surface area (TPSA) is 126 Å². The normalized spacial score (nSPS) is 14.6. The quantitative estimate of drug-likeness (QED) is 0.309. The van der Waals surface area contributed by atoms with Gasteiger partial charge in [0.15, 0.2) is 11.0 Å². The average Bonchev–Trinajstić information content (AvgIpc) is 3.04. The summed E-state index contributed by atoms with van der Waals surface area (Å²) in [4.78, 5) is 36.1. The zero-order chi connectivity index (χ0) is 21.7. The molecule has 30 heavy (non-hydrogen) atoms. The number of aromatic nitrogens is 2. The zero-order valence-corrected chi connectivity index (χ0v) is 16.8. The summed E-state index contributed by atoms with van der Waals surface area (Å²) in [5, 5.41) is 13.1. The molecule has 11 heteroatoms. The van der Waals surface area contributed by atoms with Crippen LogP contribution in [0.1, 0.15) is 27.6 Å². The number of rotatable bonds is 6. The number of carbonyl (C=O) groups excluding carboxylic acids is 3. The largest absolute Gasteiger partial charge is 0.465 e. The Bertz CT molecular complexity index is 1030. The molecule has 2 N–H and O–H groups in total. The number of esters is 1. The number of halogens is 1. The molecule has 0 spiro atoms. The molecule has 0 bridgehead atoms. The van der Waals surface area contributed by atoms with E-state index in [1.165, 1.54) is 43.5 Å². The molecule has 0 atom stereocenters. The summed E-state index contributed by atoms with van der Waals surface area (Å²) < 4.78 is 4.61. The van der Waals surface area contributed by atoms with E-state index in [1.54, 1.807) is 13.0 Å². The number of hydrogen-bond donors (Lipinski definition) is 2. The van der Waals surface area contributed by atoms with Crippen LogP contribution in [0.5, 0.6) is 0 Å². The van der Waals surface area contributed by atoms with Gasteiger partial charge in [-0.25, -0.2) is 10.2 Å². The van der Waals surface area contributed by atoms with Crippen LogP contribution in [-0.4, -0.2) is 47.3 Å². The number of nitrogens with one attached hydrogen (secondary N) is 2. The van der Waals surface area contributed by atoms with E-state index in [9.17, 15) is 14.4 Å². The molecule has 0 unspecified atom stereocenters. The van der Waals surface area contributed by atoms with Crippen molar-refractivity contribution in [3.05, 3.63) is 64.3 Å². The Morgan fingerprint density at radius 1 is 1.13 bits per heavy atom. The van der Waals surface area contributed by atoms with Crippen molar-refractivity contribution in [3.8, 4) is 0 Å². The molecule has 10 nitrogen and oxygen atoms in total. The highest BCUT2D eigenvalue weighted by Gasteiger charge is 2.29. The fraction of sp³-hybridized carbons (Fsp3) is 0.158. The number of anilines is 1. The van der Waals surface area contributed by atoms with Gasteiger partial charge in [0.1, 0.15) is 0 Å². The van der Waals surface area contributed by atoms with Crippen molar-refractivity contribution in [1.29, 1.82) is 0 Å². The molecule has 0 saturated heterocycles. The SMILES string of the molecule is COC(=O)c1ccc(C(=O)NNCC=C2C(=O)N(c3ccc(Cl)nn3)N=C2C)cc1. The number of amides is 2. The first-order chi connectivity index (χ1) is 14.4. The summed E-state index contributed by atoms with van der Waals surface area (Å²) in [6.07, 6.45) is 1.60. The number of nitrogens with zero attached hydrogens (tertiary/aromatic N) is 4. The molecule has 0 aliphatic carbocycles. The smallest absolute Gasteiger partial charge is 0.337 e. The van der Waals surface area contributed by atoms with Gasteiger partial charge >= 0.3 is 5.97 Å². The van der Waals surface area contributed by atoms with Gasteiger partial charge in [0.05, 0.1) is 24.0 Å². The molecule has 2 heterocycles. The Hall–Kier alpha value is -3.63. The van der Waals surface area contributed by atoms with Gasteiger partial charge < -0.3 is 4.74 Å². The molecule has 0 radical (unpaired) electrons. The summed E-state index contributed by atoms with van der Waals surface area (Å²) in [5.74, 6) is -0.992. The maximum Gasteiger partial charge on any atom is 0.337 e. The third-order valence-corrected chi connectivity index (χ3v) is 4.28. The molecular formula is C19H17ClN6O4. The number of hydrogen-bond acceptors (Lipinski definition) is 8. The predicted octanol–water partition coefficient (Wildman–Crippen LogP) is 1.50. The summed E-state index contributed by atoms with van der Waals surface area (Å²) in [7, 11) is 1.28. The highest BCUT2D eigenvalue weighted by Crippen LogP contribution is 2.21. The van der Waals surface area contributed by atoms with Gasteiger partial charge in [-0.15, -0.1) is 10.2 Å². The maximum atomic E-state index is 12.6. The Morgan fingerprint density at radius 2 is 1.83 bits per heavy atom. The molecule has 3 rings (SSSR count). The summed E-state index contributed by atoms with van der Waals surface area (Å²) in [5.41, 5.74) is 6.81. The highest BCUT2D eigenvalue weighted by molar-refractivity contribution is 6.30. The number of carbonyl (C=O) groups is 3. The fourth-order valence-corrected chi connectivity index (χ4v) is 2.66. The summed E-state index contributed by atoms with van der Waals surface area (Å²) >= 11 is 5.71. The van der Waals surface area contributed by atoms with E-state index in [1.807, 2.05) is 0 Å².